The summed E-state index contributed by atoms with van der Waals surface area (Å²) in [7, 11) is 0. The second-order valence-electron chi connectivity index (χ2n) is 12.4. The van der Waals surface area contributed by atoms with E-state index in [2.05, 4.69) is 13.8 Å². The van der Waals surface area contributed by atoms with Gasteiger partial charge in [0.1, 0.15) is 17.6 Å². The predicted molar refractivity (Wildman–Crippen MR) is 126 cm³/mol. The van der Waals surface area contributed by atoms with E-state index < -0.39 is 46.0 Å². The van der Waals surface area contributed by atoms with Crippen molar-refractivity contribution in [1.29, 1.82) is 0 Å². The number of ether oxygens (including phenoxy) is 3. The van der Waals surface area contributed by atoms with Crippen LogP contribution in [-0.2, 0) is 28.6 Å². The lowest BCUT2D eigenvalue weighted by atomic mass is 9.50. The van der Waals surface area contributed by atoms with E-state index in [9.17, 15) is 29.7 Å². The number of fused-ring (bicyclic) bond motifs is 1. The Morgan fingerprint density at radius 3 is 2.11 bits per heavy atom. The van der Waals surface area contributed by atoms with Crippen molar-refractivity contribution >= 4 is 17.9 Å². The van der Waals surface area contributed by atoms with Crippen LogP contribution in [-0.4, -0.2) is 63.4 Å². The van der Waals surface area contributed by atoms with Crippen LogP contribution < -0.4 is 0 Å². The van der Waals surface area contributed by atoms with Gasteiger partial charge in [0, 0.05) is 5.92 Å². The largest absolute Gasteiger partial charge is 0.481 e. The molecule has 6 aliphatic rings. The first kappa shape index (κ1) is 25.9. The third kappa shape index (κ3) is 3.14. The summed E-state index contributed by atoms with van der Waals surface area (Å²) in [5.74, 6) is -3.26. The molecule has 0 aromatic heterocycles. The molecule has 202 valence electrons. The number of carbonyl (C=O) groups is 3. The molecule has 0 aromatic rings. The number of carboxylic acid groups (broad SMARTS) is 3. The first-order chi connectivity index (χ1) is 16.9. The molecular formula is C27H40O9. The first-order valence-electron chi connectivity index (χ1n) is 13.6. The van der Waals surface area contributed by atoms with Gasteiger partial charge in [0.05, 0.1) is 23.0 Å². The van der Waals surface area contributed by atoms with E-state index in [-0.39, 0.29) is 42.8 Å². The molecule has 0 aromatic carbocycles. The maximum absolute atomic E-state index is 12.1. The number of rotatable bonds is 6. The average Bonchev–Trinajstić information content (AvgIpc) is 3.72. The molecule has 1 spiro atoms. The van der Waals surface area contributed by atoms with Gasteiger partial charge in [0.25, 0.3) is 0 Å². The van der Waals surface area contributed by atoms with E-state index in [4.69, 9.17) is 14.2 Å². The number of aliphatic carboxylic acids is 3. The highest BCUT2D eigenvalue weighted by Gasteiger charge is 2.90. The van der Waals surface area contributed by atoms with E-state index >= 15 is 0 Å². The second-order valence-corrected chi connectivity index (χ2v) is 12.4. The molecule has 0 radical (unpaired) electrons. The summed E-state index contributed by atoms with van der Waals surface area (Å²) in [5.41, 5.74) is -3.35. The Morgan fingerprint density at radius 2 is 1.56 bits per heavy atom. The lowest BCUT2D eigenvalue weighted by molar-refractivity contribution is -0.180. The van der Waals surface area contributed by atoms with E-state index in [1.54, 1.807) is 13.8 Å². The third-order valence-electron chi connectivity index (χ3n) is 11.0. The lowest BCUT2D eigenvalue weighted by Crippen LogP contribution is -2.58. The molecule has 6 fully saturated rings. The number of hydrogen-bond acceptors (Lipinski definition) is 6. The SMILES string of the molecule is CC1(C)CCCCC1(C(=O)O)C1CCCC2OC21.CCC1(C(=O)O)C[C@H]2OC23OC3C1(CC)C(=O)O. The molecule has 9 heteroatoms. The quantitative estimate of drug-likeness (QED) is 0.451. The van der Waals surface area contributed by atoms with Crippen LogP contribution in [0.5, 0.6) is 0 Å². The fourth-order valence-electron chi connectivity index (χ4n) is 8.68. The average molecular weight is 509 g/mol. The Balaban J connectivity index is 0.000000148. The second kappa shape index (κ2) is 8.14. The van der Waals surface area contributed by atoms with E-state index in [1.165, 1.54) is 6.42 Å². The van der Waals surface area contributed by atoms with E-state index in [0.717, 1.165) is 38.5 Å². The molecule has 0 bridgehead atoms. The Bertz CT molecular complexity index is 963. The topological polar surface area (TPSA) is 149 Å². The van der Waals surface area contributed by atoms with Gasteiger partial charge < -0.3 is 29.5 Å². The minimum Gasteiger partial charge on any atom is -0.481 e. The van der Waals surface area contributed by atoms with Crippen LogP contribution >= 0.6 is 0 Å². The Kier molecular flexibility index (Phi) is 5.86. The molecule has 9 atom stereocenters. The monoisotopic (exact) mass is 508 g/mol. The smallest absolute Gasteiger partial charge is 0.313 e. The standard InChI is InChI=1S/C15H24O3.C12H16O6/c1-14(2)8-3-4-9-15(14,13(16)17)10-6-5-7-11-12(10)18-11;1-3-10(8(13)14)5-6-12(17-6)7(18-12)11(10,4-2)9(15)16/h10-12H,3-9H2,1-2H3,(H,16,17);6-7H,3-5H2,1-2H3,(H,13,14)(H,15,16)/t;6-,7?,10?,11?,12?/m.1/s1. The van der Waals surface area contributed by atoms with Crippen molar-refractivity contribution in [2.45, 2.75) is 122 Å². The maximum atomic E-state index is 12.1. The number of epoxide rings is 3. The van der Waals surface area contributed by atoms with Gasteiger partial charge in [-0.25, -0.2) is 0 Å². The summed E-state index contributed by atoms with van der Waals surface area (Å²) in [5, 5.41) is 29.2. The van der Waals surface area contributed by atoms with Crippen molar-refractivity contribution < 1.29 is 43.9 Å². The number of hydrogen-bond donors (Lipinski definition) is 3. The summed E-state index contributed by atoms with van der Waals surface area (Å²) >= 11 is 0. The summed E-state index contributed by atoms with van der Waals surface area (Å²) in [6, 6.07) is 0. The molecule has 36 heavy (non-hydrogen) atoms. The van der Waals surface area contributed by atoms with Gasteiger partial charge in [-0.2, -0.15) is 0 Å². The summed E-state index contributed by atoms with van der Waals surface area (Å²) in [4.78, 5) is 35.6. The zero-order valence-corrected chi connectivity index (χ0v) is 21.7. The van der Waals surface area contributed by atoms with Crippen molar-refractivity contribution in [2.24, 2.45) is 27.6 Å². The van der Waals surface area contributed by atoms with Crippen LogP contribution in [0.25, 0.3) is 0 Å². The number of carboxylic acids is 3. The van der Waals surface area contributed by atoms with Crippen LogP contribution in [0.4, 0.5) is 0 Å². The highest BCUT2D eigenvalue weighted by atomic mass is 16.9. The molecule has 3 N–H and O–H groups in total. The zero-order valence-electron chi connectivity index (χ0n) is 21.7. The van der Waals surface area contributed by atoms with Crippen LogP contribution in [0.15, 0.2) is 0 Å². The van der Waals surface area contributed by atoms with E-state index in [0.29, 0.717) is 6.10 Å². The molecule has 3 saturated heterocycles. The molecule has 9 nitrogen and oxygen atoms in total. The zero-order chi connectivity index (χ0) is 26.3. The van der Waals surface area contributed by atoms with Crippen LogP contribution in [0.2, 0.25) is 0 Å². The molecule has 3 aliphatic carbocycles. The Labute approximate surface area is 211 Å². The van der Waals surface area contributed by atoms with Gasteiger partial charge in [-0.15, -0.1) is 0 Å². The fraction of sp³-hybridized carbons (Fsp3) is 0.889. The van der Waals surface area contributed by atoms with Crippen LogP contribution in [0, 0.1) is 27.6 Å². The minimum absolute atomic E-state index is 0.102. The highest BCUT2D eigenvalue weighted by molar-refractivity contribution is 5.89. The van der Waals surface area contributed by atoms with Crippen molar-refractivity contribution in [3.05, 3.63) is 0 Å². The molecule has 0 amide bonds. The van der Waals surface area contributed by atoms with Crippen LogP contribution in [0.3, 0.4) is 0 Å². The van der Waals surface area contributed by atoms with Crippen molar-refractivity contribution in [3.8, 4) is 0 Å². The fourth-order valence-corrected chi connectivity index (χ4v) is 8.68. The van der Waals surface area contributed by atoms with Crippen LogP contribution in [0.1, 0.15) is 91.9 Å². The molecule has 3 heterocycles. The van der Waals surface area contributed by atoms with Crippen molar-refractivity contribution in [2.75, 3.05) is 0 Å². The molecule has 3 saturated carbocycles. The first-order valence-corrected chi connectivity index (χ1v) is 13.6. The minimum atomic E-state index is -1.39. The summed E-state index contributed by atoms with van der Waals surface area (Å²) in [6.45, 7) is 7.75. The summed E-state index contributed by atoms with van der Waals surface area (Å²) in [6.07, 6.45) is 7.86. The molecular weight excluding hydrogens is 468 g/mol. The Morgan fingerprint density at radius 1 is 0.861 bits per heavy atom. The van der Waals surface area contributed by atoms with E-state index in [1.807, 2.05) is 0 Å². The summed E-state index contributed by atoms with van der Waals surface area (Å²) < 4.78 is 16.6. The van der Waals surface area contributed by atoms with Gasteiger partial charge in [-0.3, -0.25) is 14.4 Å². The third-order valence-corrected chi connectivity index (χ3v) is 11.0. The normalized spacial score (nSPS) is 49.2. The van der Waals surface area contributed by atoms with Gasteiger partial charge in [0.2, 0.25) is 5.79 Å². The molecule has 3 aliphatic heterocycles. The van der Waals surface area contributed by atoms with Crippen molar-refractivity contribution in [3.63, 3.8) is 0 Å². The van der Waals surface area contributed by atoms with Crippen molar-refractivity contribution in [1.82, 2.24) is 0 Å². The van der Waals surface area contributed by atoms with Gasteiger partial charge in [-0.05, 0) is 50.4 Å². The predicted octanol–water partition coefficient (Wildman–Crippen LogP) is 4.07. The maximum Gasteiger partial charge on any atom is 0.313 e. The molecule has 8 unspecified atom stereocenters. The van der Waals surface area contributed by atoms with Gasteiger partial charge in [0.15, 0.2) is 0 Å². The van der Waals surface area contributed by atoms with Gasteiger partial charge in [-0.1, -0.05) is 47.0 Å². The van der Waals surface area contributed by atoms with Gasteiger partial charge >= 0.3 is 17.9 Å². The molecule has 6 rings (SSSR count). The Hall–Kier alpha value is -1.71. The highest BCUT2D eigenvalue weighted by Crippen LogP contribution is 2.74. The lowest BCUT2D eigenvalue weighted by Gasteiger charge is -2.52.